The first-order chi connectivity index (χ1) is 9.29. The fourth-order valence-electron chi connectivity index (χ4n) is 1.91. The van der Waals surface area contributed by atoms with Gasteiger partial charge in [0.25, 0.3) is 0 Å². The number of hydrogen-bond donors (Lipinski definition) is 1. The molecule has 0 saturated carbocycles. The van der Waals surface area contributed by atoms with E-state index in [0.717, 1.165) is 0 Å². The van der Waals surface area contributed by atoms with Crippen molar-refractivity contribution in [1.29, 1.82) is 0 Å². The molecule has 0 aliphatic rings. The molecule has 0 saturated heterocycles. The molecule has 0 amide bonds. The smallest absolute Gasteiger partial charge is 0.177 e. The van der Waals surface area contributed by atoms with Crippen molar-refractivity contribution in [3.63, 3.8) is 0 Å². The Labute approximate surface area is 109 Å². The Balaban J connectivity index is 2.15. The number of nitrogens with zero attached hydrogens (tertiary/aromatic N) is 4. The minimum Gasteiger partial charge on any atom is -0.313 e. The van der Waals surface area contributed by atoms with Crippen LogP contribution in [0.2, 0.25) is 0 Å². The highest BCUT2D eigenvalue weighted by molar-refractivity contribution is 5.60. The van der Waals surface area contributed by atoms with Crippen LogP contribution in [0.15, 0.2) is 36.4 Å². The van der Waals surface area contributed by atoms with E-state index in [4.69, 9.17) is 0 Å². The summed E-state index contributed by atoms with van der Waals surface area (Å²) in [6.45, 7) is 0.550. The zero-order chi connectivity index (χ0) is 13.2. The maximum Gasteiger partial charge on any atom is 0.177 e. The molecule has 0 atom stereocenters. The van der Waals surface area contributed by atoms with Crippen molar-refractivity contribution in [2.75, 3.05) is 7.05 Å². The zero-order valence-corrected chi connectivity index (χ0v) is 10.3. The molecule has 19 heavy (non-hydrogen) atoms. The molecule has 0 aliphatic heterocycles. The van der Waals surface area contributed by atoms with Crippen LogP contribution in [0.5, 0.6) is 0 Å². The van der Waals surface area contributed by atoms with Gasteiger partial charge in [0.2, 0.25) is 0 Å². The van der Waals surface area contributed by atoms with Gasteiger partial charge in [0.1, 0.15) is 5.82 Å². The summed E-state index contributed by atoms with van der Waals surface area (Å²) >= 11 is 0. The third-order valence-electron chi connectivity index (χ3n) is 2.81. The monoisotopic (exact) mass is 257 g/mol. The number of aromatic nitrogens is 4. The van der Waals surface area contributed by atoms with Crippen molar-refractivity contribution < 1.29 is 4.39 Å². The molecule has 3 rings (SSSR count). The van der Waals surface area contributed by atoms with Gasteiger partial charge < -0.3 is 5.32 Å². The molecule has 2 aromatic heterocycles. The van der Waals surface area contributed by atoms with Crippen molar-refractivity contribution in [3.8, 4) is 11.3 Å². The summed E-state index contributed by atoms with van der Waals surface area (Å²) in [6.07, 6.45) is 0. The second-order valence-corrected chi connectivity index (χ2v) is 4.11. The van der Waals surface area contributed by atoms with Crippen LogP contribution in [-0.4, -0.2) is 26.9 Å². The summed E-state index contributed by atoms with van der Waals surface area (Å²) in [4.78, 5) is 0. The number of benzene rings is 1. The van der Waals surface area contributed by atoms with E-state index in [1.54, 1.807) is 34.8 Å². The molecule has 6 heteroatoms. The number of fused-ring (bicyclic) bond motifs is 1. The minimum absolute atomic E-state index is 0.294. The summed E-state index contributed by atoms with van der Waals surface area (Å²) in [6, 6.07) is 10.1. The topological polar surface area (TPSA) is 55.1 Å². The Morgan fingerprint density at radius 1 is 1.16 bits per heavy atom. The molecule has 0 aliphatic carbocycles. The molecule has 0 fully saturated rings. The minimum atomic E-state index is -0.294. The Morgan fingerprint density at radius 2 is 2.00 bits per heavy atom. The van der Waals surface area contributed by atoms with Crippen LogP contribution in [0.3, 0.4) is 0 Å². The van der Waals surface area contributed by atoms with E-state index in [1.807, 2.05) is 7.05 Å². The Kier molecular flexibility index (Phi) is 2.92. The van der Waals surface area contributed by atoms with Gasteiger partial charge in [-0.25, -0.2) is 4.39 Å². The van der Waals surface area contributed by atoms with Gasteiger partial charge in [-0.1, -0.05) is 12.1 Å². The fraction of sp³-hybridized carbons (Fsp3) is 0.154. The molecule has 0 radical (unpaired) electrons. The van der Waals surface area contributed by atoms with Crippen molar-refractivity contribution in [3.05, 3.63) is 48.0 Å². The molecule has 3 aromatic rings. The third-order valence-corrected chi connectivity index (χ3v) is 2.81. The zero-order valence-electron chi connectivity index (χ0n) is 10.3. The van der Waals surface area contributed by atoms with Gasteiger partial charge in [-0.05, 0) is 31.3 Å². The average Bonchev–Trinajstić information content (AvgIpc) is 2.82. The Morgan fingerprint density at radius 3 is 2.79 bits per heavy atom. The molecule has 0 bridgehead atoms. The first kappa shape index (κ1) is 11.7. The van der Waals surface area contributed by atoms with E-state index in [1.165, 1.54) is 6.07 Å². The second kappa shape index (κ2) is 4.74. The number of nitrogens with one attached hydrogen (secondary N) is 1. The Bertz CT molecular complexity index is 722. The predicted molar refractivity (Wildman–Crippen MR) is 68.9 cm³/mol. The normalized spacial score (nSPS) is 11.1. The standard InChI is InChI=1S/C13H12FN5/c1-15-8-13-17-16-12-7-6-11(18-19(12)13)9-4-2-3-5-10(9)14/h2-7,15H,8H2,1H3. The van der Waals surface area contributed by atoms with Crippen molar-refractivity contribution >= 4 is 5.65 Å². The molecular formula is C13H12FN5. The van der Waals surface area contributed by atoms with Gasteiger partial charge in [0.05, 0.1) is 12.2 Å². The quantitative estimate of drug-likeness (QED) is 0.775. The summed E-state index contributed by atoms with van der Waals surface area (Å²) < 4.78 is 15.4. The molecule has 1 aromatic carbocycles. The van der Waals surface area contributed by atoms with Crippen LogP contribution >= 0.6 is 0 Å². The lowest BCUT2D eigenvalue weighted by atomic mass is 10.1. The maximum absolute atomic E-state index is 13.8. The largest absolute Gasteiger partial charge is 0.313 e. The van der Waals surface area contributed by atoms with Crippen LogP contribution in [0.4, 0.5) is 4.39 Å². The van der Waals surface area contributed by atoms with Crippen LogP contribution in [0.1, 0.15) is 5.82 Å². The van der Waals surface area contributed by atoms with Gasteiger partial charge >= 0.3 is 0 Å². The SMILES string of the molecule is CNCc1nnc2ccc(-c3ccccc3F)nn12. The lowest BCUT2D eigenvalue weighted by Gasteiger charge is -2.04. The van der Waals surface area contributed by atoms with Gasteiger partial charge in [-0.2, -0.15) is 9.61 Å². The molecule has 96 valence electrons. The van der Waals surface area contributed by atoms with Crippen molar-refractivity contribution in [1.82, 2.24) is 25.1 Å². The fourth-order valence-corrected chi connectivity index (χ4v) is 1.91. The van der Waals surface area contributed by atoms with E-state index in [2.05, 4.69) is 20.6 Å². The third kappa shape index (κ3) is 2.06. The molecule has 2 heterocycles. The number of rotatable bonds is 3. The first-order valence-corrected chi connectivity index (χ1v) is 5.90. The van der Waals surface area contributed by atoms with Gasteiger partial charge in [-0.3, -0.25) is 0 Å². The highest BCUT2D eigenvalue weighted by Crippen LogP contribution is 2.20. The lowest BCUT2D eigenvalue weighted by molar-refractivity contribution is 0.629. The van der Waals surface area contributed by atoms with Gasteiger partial charge in [0, 0.05) is 5.56 Å². The highest BCUT2D eigenvalue weighted by atomic mass is 19.1. The van der Waals surface area contributed by atoms with E-state index < -0.39 is 0 Å². The number of halogens is 1. The molecule has 5 nitrogen and oxygen atoms in total. The summed E-state index contributed by atoms with van der Waals surface area (Å²) in [5, 5.41) is 15.4. The second-order valence-electron chi connectivity index (χ2n) is 4.11. The van der Waals surface area contributed by atoms with Crippen LogP contribution in [-0.2, 0) is 6.54 Å². The van der Waals surface area contributed by atoms with Gasteiger partial charge in [0.15, 0.2) is 11.5 Å². The molecule has 0 unspecified atom stereocenters. The highest BCUT2D eigenvalue weighted by Gasteiger charge is 2.10. The van der Waals surface area contributed by atoms with E-state index in [9.17, 15) is 4.39 Å². The Hall–Kier alpha value is -2.34. The molecule has 1 N–H and O–H groups in total. The van der Waals surface area contributed by atoms with E-state index in [-0.39, 0.29) is 5.82 Å². The predicted octanol–water partition coefficient (Wildman–Crippen LogP) is 1.65. The molecular weight excluding hydrogens is 245 g/mol. The average molecular weight is 257 g/mol. The van der Waals surface area contributed by atoms with E-state index >= 15 is 0 Å². The lowest BCUT2D eigenvalue weighted by Crippen LogP contribution is -2.10. The summed E-state index contributed by atoms with van der Waals surface area (Å²) in [5.74, 6) is 0.397. The maximum atomic E-state index is 13.8. The van der Waals surface area contributed by atoms with Crippen LogP contribution < -0.4 is 5.32 Å². The van der Waals surface area contributed by atoms with Crippen molar-refractivity contribution in [2.24, 2.45) is 0 Å². The summed E-state index contributed by atoms with van der Waals surface area (Å²) in [7, 11) is 1.82. The van der Waals surface area contributed by atoms with E-state index in [0.29, 0.717) is 29.3 Å². The number of hydrogen-bond acceptors (Lipinski definition) is 4. The summed E-state index contributed by atoms with van der Waals surface area (Å²) in [5.41, 5.74) is 1.67. The van der Waals surface area contributed by atoms with Gasteiger partial charge in [-0.15, -0.1) is 10.2 Å². The van der Waals surface area contributed by atoms with Crippen molar-refractivity contribution in [2.45, 2.75) is 6.54 Å². The van der Waals surface area contributed by atoms with Crippen LogP contribution in [0, 0.1) is 5.82 Å². The molecule has 0 spiro atoms. The first-order valence-electron chi connectivity index (χ1n) is 5.90. The van der Waals surface area contributed by atoms with Crippen LogP contribution in [0.25, 0.3) is 16.9 Å².